The molecular weight excluding hydrogens is 240 g/mol. The molecule has 0 unspecified atom stereocenters. The van der Waals surface area contributed by atoms with Crippen molar-refractivity contribution in [1.29, 1.82) is 5.41 Å². The number of para-hydroxylation sites is 1. The molecule has 6 heteroatoms. The van der Waals surface area contributed by atoms with Gasteiger partial charge in [-0.2, -0.15) is 4.68 Å². The first-order chi connectivity index (χ1) is 9.18. The predicted molar refractivity (Wildman–Crippen MR) is 72.4 cm³/mol. The Morgan fingerprint density at radius 2 is 2.05 bits per heavy atom. The number of pyridine rings is 1. The van der Waals surface area contributed by atoms with E-state index in [1.54, 1.807) is 10.9 Å². The molecule has 0 amide bonds. The Balaban J connectivity index is 2.33. The molecule has 0 fully saturated rings. The zero-order chi connectivity index (χ0) is 13.4. The van der Waals surface area contributed by atoms with Crippen molar-refractivity contribution in [3.05, 3.63) is 47.7 Å². The fourth-order valence-electron chi connectivity index (χ4n) is 2.06. The number of benzene rings is 1. The van der Waals surface area contributed by atoms with Gasteiger partial charge in [-0.1, -0.05) is 17.3 Å². The van der Waals surface area contributed by atoms with Crippen LogP contribution in [0.5, 0.6) is 0 Å². The van der Waals surface area contributed by atoms with Gasteiger partial charge in [0.15, 0.2) is 5.82 Å². The van der Waals surface area contributed by atoms with Crippen LogP contribution in [0, 0.1) is 12.3 Å². The van der Waals surface area contributed by atoms with Crippen molar-refractivity contribution < 1.29 is 0 Å². The van der Waals surface area contributed by atoms with Crippen LogP contribution in [0.25, 0.3) is 16.9 Å². The van der Waals surface area contributed by atoms with E-state index in [2.05, 4.69) is 15.3 Å². The summed E-state index contributed by atoms with van der Waals surface area (Å²) in [7, 11) is 0. The van der Waals surface area contributed by atoms with Gasteiger partial charge in [-0.25, -0.2) is 4.98 Å². The van der Waals surface area contributed by atoms with E-state index in [9.17, 15) is 0 Å². The minimum Gasteiger partial charge on any atom is -0.384 e. The van der Waals surface area contributed by atoms with Crippen LogP contribution in [0.2, 0.25) is 0 Å². The lowest BCUT2D eigenvalue weighted by molar-refractivity contribution is 0.798. The normalized spacial score (nSPS) is 10.8. The van der Waals surface area contributed by atoms with Gasteiger partial charge in [0.05, 0.1) is 11.1 Å². The molecule has 0 spiro atoms. The van der Waals surface area contributed by atoms with Gasteiger partial charge < -0.3 is 5.73 Å². The molecule has 0 aliphatic heterocycles. The molecule has 94 valence electrons. The molecule has 0 saturated heterocycles. The maximum absolute atomic E-state index is 7.70. The first-order valence-corrected chi connectivity index (χ1v) is 5.79. The number of aryl methyl sites for hydroxylation is 1. The SMILES string of the molecule is Cc1ccnc(-n2nnc3ccccc32)c1C(=N)N. The Morgan fingerprint density at radius 3 is 2.84 bits per heavy atom. The molecule has 3 N–H and O–H groups in total. The summed E-state index contributed by atoms with van der Waals surface area (Å²) in [6, 6.07) is 9.41. The van der Waals surface area contributed by atoms with Crippen molar-refractivity contribution in [2.24, 2.45) is 5.73 Å². The van der Waals surface area contributed by atoms with E-state index in [1.807, 2.05) is 37.3 Å². The Labute approximate surface area is 109 Å². The molecular formula is C13H12N6. The number of hydrogen-bond donors (Lipinski definition) is 2. The van der Waals surface area contributed by atoms with Crippen LogP contribution < -0.4 is 5.73 Å². The van der Waals surface area contributed by atoms with Gasteiger partial charge in [0.1, 0.15) is 11.4 Å². The summed E-state index contributed by atoms with van der Waals surface area (Å²) in [6.45, 7) is 1.89. The number of nitrogens with zero attached hydrogens (tertiary/aromatic N) is 4. The lowest BCUT2D eigenvalue weighted by atomic mass is 10.1. The van der Waals surface area contributed by atoms with Gasteiger partial charge in [0, 0.05) is 6.20 Å². The number of aromatic nitrogens is 4. The van der Waals surface area contributed by atoms with Crippen LogP contribution in [0.4, 0.5) is 0 Å². The molecule has 0 radical (unpaired) electrons. The zero-order valence-electron chi connectivity index (χ0n) is 10.3. The van der Waals surface area contributed by atoms with Gasteiger partial charge in [-0.05, 0) is 30.7 Å². The molecule has 0 aliphatic rings. The summed E-state index contributed by atoms with van der Waals surface area (Å²) in [5, 5.41) is 15.9. The van der Waals surface area contributed by atoms with E-state index in [4.69, 9.17) is 11.1 Å². The van der Waals surface area contributed by atoms with E-state index in [0.29, 0.717) is 11.4 Å². The van der Waals surface area contributed by atoms with Crippen LogP contribution in [0.15, 0.2) is 36.5 Å². The van der Waals surface area contributed by atoms with Crippen molar-refractivity contribution >= 4 is 16.9 Å². The summed E-state index contributed by atoms with van der Waals surface area (Å²) in [5.41, 5.74) is 8.73. The van der Waals surface area contributed by atoms with Crippen molar-refractivity contribution in [2.45, 2.75) is 6.92 Å². The van der Waals surface area contributed by atoms with Crippen LogP contribution >= 0.6 is 0 Å². The highest BCUT2D eigenvalue weighted by atomic mass is 15.4. The average molecular weight is 252 g/mol. The monoisotopic (exact) mass is 252 g/mol. The Hall–Kier alpha value is -2.76. The third-order valence-electron chi connectivity index (χ3n) is 2.96. The molecule has 1 aromatic carbocycles. The number of fused-ring (bicyclic) bond motifs is 1. The van der Waals surface area contributed by atoms with E-state index in [1.165, 1.54) is 0 Å². The second-order valence-electron chi connectivity index (χ2n) is 4.23. The molecule has 3 aromatic rings. The smallest absolute Gasteiger partial charge is 0.167 e. The number of hydrogen-bond acceptors (Lipinski definition) is 4. The number of nitrogens with two attached hydrogens (primary N) is 1. The highest BCUT2D eigenvalue weighted by Crippen LogP contribution is 2.19. The van der Waals surface area contributed by atoms with Gasteiger partial charge in [-0.15, -0.1) is 5.10 Å². The fraction of sp³-hybridized carbons (Fsp3) is 0.0769. The Kier molecular flexibility index (Phi) is 2.49. The fourth-order valence-corrected chi connectivity index (χ4v) is 2.06. The highest BCUT2D eigenvalue weighted by Gasteiger charge is 2.15. The van der Waals surface area contributed by atoms with Crippen LogP contribution in [0.3, 0.4) is 0 Å². The first kappa shape index (κ1) is 11.3. The minimum absolute atomic E-state index is 0.0276. The predicted octanol–water partition coefficient (Wildman–Crippen LogP) is 1.41. The van der Waals surface area contributed by atoms with Crippen LogP contribution in [-0.2, 0) is 0 Å². The molecule has 2 heterocycles. The standard InChI is InChI=1S/C13H12N6/c1-8-6-7-16-13(11(8)12(14)15)19-10-5-3-2-4-9(10)17-18-19/h2-7H,1H3,(H3,14,15). The second kappa shape index (κ2) is 4.16. The van der Waals surface area contributed by atoms with E-state index in [-0.39, 0.29) is 5.84 Å². The molecule has 0 atom stereocenters. The lowest BCUT2D eigenvalue weighted by Gasteiger charge is -2.09. The quantitative estimate of drug-likeness (QED) is 0.532. The number of amidine groups is 1. The van der Waals surface area contributed by atoms with Gasteiger partial charge in [0.25, 0.3) is 0 Å². The maximum atomic E-state index is 7.70. The van der Waals surface area contributed by atoms with Gasteiger partial charge in [0.2, 0.25) is 0 Å². The Morgan fingerprint density at radius 1 is 1.26 bits per heavy atom. The van der Waals surface area contributed by atoms with Crippen LogP contribution in [0.1, 0.15) is 11.1 Å². The van der Waals surface area contributed by atoms with E-state index >= 15 is 0 Å². The summed E-state index contributed by atoms with van der Waals surface area (Å²) in [6.07, 6.45) is 1.67. The molecule has 0 aliphatic carbocycles. The van der Waals surface area contributed by atoms with Crippen molar-refractivity contribution in [2.75, 3.05) is 0 Å². The molecule has 0 bridgehead atoms. The Bertz CT molecular complexity index is 774. The third kappa shape index (κ3) is 1.74. The molecule has 19 heavy (non-hydrogen) atoms. The largest absolute Gasteiger partial charge is 0.384 e. The number of nitrogens with one attached hydrogen (secondary N) is 1. The van der Waals surface area contributed by atoms with Crippen molar-refractivity contribution in [1.82, 2.24) is 20.0 Å². The molecule has 0 saturated carbocycles. The van der Waals surface area contributed by atoms with Crippen LogP contribution in [-0.4, -0.2) is 25.8 Å². The zero-order valence-corrected chi connectivity index (χ0v) is 10.3. The lowest BCUT2D eigenvalue weighted by Crippen LogP contribution is -2.18. The van der Waals surface area contributed by atoms with E-state index in [0.717, 1.165) is 16.6 Å². The van der Waals surface area contributed by atoms with Gasteiger partial charge in [-0.3, -0.25) is 5.41 Å². The van der Waals surface area contributed by atoms with Crippen molar-refractivity contribution in [3.8, 4) is 5.82 Å². The summed E-state index contributed by atoms with van der Waals surface area (Å²) < 4.78 is 1.61. The first-order valence-electron chi connectivity index (χ1n) is 5.79. The topological polar surface area (TPSA) is 93.5 Å². The van der Waals surface area contributed by atoms with E-state index < -0.39 is 0 Å². The molecule has 3 rings (SSSR count). The maximum Gasteiger partial charge on any atom is 0.167 e. The highest BCUT2D eigenvalue weighted by molar-refractivity contribution is 5.99. The second-order valence-corrected chi connectivity index (χ2v) is 4.23. The number of rotatable bonds is 2. The summed E-state index contributed by atoms with van der Waals surface area (Å²) >= 11 is 0. The third-order valence-corrected chi connectivity index (χ3v) is 2.96. The summed E-state index contributed by atoms with van der Waals surface area (Å²) in [5.74, 6) is 0.501. The summed E-state index contributed by atoms with van der Waals surface area (Å²) in [4.78, 5) is 4.29. The minimum atomic E-state index is -0.0276. The number of nitrogen functional groups attached to an aromatic ring is 1. The van der Waals surface area contributed by atoms with Gasteiger partial charge >= 0.3 is 0 Å². The van der Waals surface area contributed by atoms with Crippen molar-refractivity contribution in [3.63, 3.8) is 0 Å². The molecule has 2 aromatic heterocycles. The average Bonchev–Trinajstić information content (AvgIpc) is 2.81. The molecule has 6 nitrogen and oxygen atoms in total.